The molecule has 0 atom stereocenters. The lowest BCUT2D eigenvalue weighted by atomic mass is 10.2. The number of carboxylic acid groups (broad SMARTS) is 1. The standard InChI is InChI=1S/C6H8O2.C5H11F/c1-4(6(7)8)5-2-3-5;1-2-3-4-5-6/h5H,1-3H2,(H,7,8);2-5H2,1H3. The van der Waals surface area contributed by atoms with Crippen molar-refractivity contribution in [2.24, 2.45) is 5.92 Å². The Morgan fingerprint density at radius 2 is 2.07 bits per heavy atom. The molecule has 0 aromatic heterocycles. The molecule has 14 heavy (non-hydrogen) atoms. The number of hydrogen-bond acceptors (Lipinski definition) is 1. The molecule has 0 aromatic carbocycles. The summed E-state index contributed by atoms with van der Waals surface area (Å²) < 4.78 is 11.2. The number of carbonyl (C=O) groups is 1. The molecule has 3 heteroatoms. The fourth-order valence-electron chi connectivity index (χ4n) is 0.951. The van der Waals surface area contributed by atoms with Crippen molar-refractivity contribution in [2.45, 2.75) is 39.0 Å². The van der Waals surface area contributed by atoms with Crippen LogP contribution in [0.5, 0.6) is 0 Å². The summed E-state index contributed by atoms with van der Waals surface area (Å²) in [4.78, 5) is 10.1. The predicted molar refractivity (Wildman–Crippen MR) is 55.0 cm³/mol. The van der Waals surface area contributed by atoms with Crippen molar-refractivity contribution in [1.29, 1.82) is 0 Å². The summed E-state index contributed by atoms with van der Waals surface area (Å²) in [5.74, 6) is -0.542. The zero-order valence-corrected chi connectivity index (χ0v) is 8.76. The molecule has 0 amide bonds. The van der Waals surface area contributed by atoms with E-state index in [1.165, 1.54) is 0 Å². The van der Waals surface area contributed by atoms with Crippen LogP contribution in [-0.2, 0) is 4.79 Å². The molecule has 0 radical (unpaired) electrons. The highest BCUT2D eigenvalue weighted by molar-refractivity contribution is 5.86. The molecule has 0 unspecified atom stereocenters. The van der Waals surface area contributed by atoms with Gasteiger partial charge in [0.2, 0.25) is 0 Å². The number of rotatable bonds is 5. The monoisotopic (exact) mass is 202 g/mol. The van der Waals surface area contributed by atoms with E-state index >= 15 is 0 Å². The lowest BCUT2D eigenvalue weighted by molar-refractivity contribution is -0.132. The number of hydrogen-bond donors (Lipinski definition) is 1. The maximum atomic E-state index is 11.2. The van der Waals surface area contributed by atoms with Gasteiger partial charge in [-0.3, -0.25) is 4.39 Å². The third-order valence-corrected chi connectivity index (χ3v) is 2.08. The summed E-state index contributed by atoms with van der Waals surface area (Å²) in [5, 5.41) is 8.29. The second-order valence-corrected chi connectivity index (χ2v) is 3.50. The molecule has 1 rings (SSSR count). The minimum Gasteiger partial charge on any atom is -0.478 e. The van der Waals surface area contributed by atoms with Crippen LogP contribution in [0.15, 0.2) is 12.2 Å². The van der Waals surface area contributed by atoms with Crippen molar-refractivity contribution in [3.8, 4) is 0 Å². The van der Waals surface area contributed by atoms with E-state index in [9.17, 15) is 9.18 Å². The van der Waals surface area contributed by atoms with Gasteiger partial charge in [-0.05, 0) is 25.2 Å². The number of aliphatic carboxylic acids is 1. The molecule has 0 bridgehead atoms. The molecule has 0 aromatic rings. The fraction of sp³-hybridized carbons (Fsp3) is 0.727. The molecule has 0 heterocycles. The Morgan fingerprint density at radius 3 is 2.21 bits per heavy atom. The Bertz CT molecular complexity index is 182. The van der Waals surface area contributed by atoms with Gasteiger partial charge in [0.15, 0.2) is 0 Å². The second kappa shape index (κ2) is 7.54. The summed E-state index contributed by atoms with van der Waals surface area (Å²) in [6.07, 6.45) is 4.94. The maximum Gasteiger partial charge on any atom is 0.331 e. The Hall–Kier alpha value is -0.860. The first-order valence-corrected chi connectivity index (χ1v) is 5.11. The quantitative estimate of drug-likeness (QED) is 0.549. The van der Waals surface area contributed by atoms with E-state index in [4.69, 9.17) is 5.11 Å². The summed E-state index contributed by atoms with van der Waals surface area (Å²) in [5.41, 5.74) is 0.380. The molecule has 1 saturated carbocycles. The number of unbranched alkanes of at least 4 members (excludes halogenated alkanes) is 2. The Labute approximate surface area is 84.8 Å². The van der Waals surface area contributed by atoms with Gasteiger partial charge in [0.05, 0.1) is 6.67 Å². The first-order valence-electron chi connectivity index (χ1n) is 5.11. The first kappa shape index (κ1) is 13.1. The van der Waals surface area contributed by atoms with Crippen molar-refractivity contribution in [1.82, 2.24) is 0 Å². The highest BCUT2D eigenvalue weighted by Crippen LogP contribution is 2.35. The molecule has 82 valence electrons. The van der Waals surface area contributed by atoms with Gasteiger partial charge in [-0.25, -0.2) is 4.79 Å². The van der Waals surface area contributed by atoms with E-state index in [0.29, 0.717) is 11.5 Å². The molecule has 0 aliphatic heterocycles. The molecule has 1 fully saturated rings. The number of alkyl halides is 1. The smallest absolute Gasteiger partial charge is 0.331 e. The summed E-state index contributed by atoms with van der Waals surface area (Å²) in [7, 11) is 0. The molecule has 1 N–H and O–H groups in total. The maximum absolute atomic E-state index is 11.2. The molecule has 0 saturated heterocycles. The first-order chi connectivity index (χ1) is 6.63. The molecular formula is C11H19FO2. The van der Waals surface area contributed by atoms with Gasteiger partial charge in [0.25, 0.3) is 0 Å². The van der Waals surface area contributed by atoms with Gasteiger partial charge in [-0.15, -0.1) is 0 Å². The van der Waals surface area contributed by atoms with Crippen LogP contribution >= 0.6 is 0 Å². The number of carboxylic acids is 1. The Kier molecular flexibility index (Phi) is 7.07. The van der Waals surface area contributed by atoms with E-state index in [1.807, 2.05) is 0 Å². The molecule has 1 aliphatic rings. The van der Waals surface area contributed by atoms with Crippen LogP contribution < -0.4 is 0 Å². The van der Waals surface area contributed by atoms with Crippen LogP contribution in [0.3, 0.4) is 0 Å². The molecule has 0 spiro atoms. The lowest BCUT2D eigenvalue weighted by Gasteiger charge is -1.90. The Balaban J connectivity index is 0.000000255. The van der Waals surface area contributed by atoms with Crippen LogP contribution in [0.2, 0.25) is 0 Å². The SMILES string of the molecule is C=C(C(=O)O)C1CC1.CCCCCF. The zero-order chi connectivity index (χ0) is 11.0. The largest absolute Gasteiger partial charge is 0.478 e. The van der Waals surface area contributed by atoms with Crippen LogP contribution in [-0.4, -0.2) is 17.8 Å². The minimum atomic E-state index is -0.840. The third kappa shape index (κ3) is 6.63. The molecular weight excluding hydrogens is 183 g/mol. The third-order valence-electron chi connectivity index (χ3n) is 2.08. The molecule has 2 nitrogen and oxygen atoms in total. The normalized spacial score (nSPS) is 14.1. The second-order valence-electron chi connectivity index (χ2n) is 3.50. The molecule has 1 aliphatic carbocycles. The summed E-state index contributed by atoms with van der Waals surface area (Å²) in [6.45, 7) is 5.34. The van der Waals surface area contributed by atoms with Gasteiger partial charge in [-0.2, -0.15) is 0 Å². The summed E-state index contributed by atoms with van der Waals surface area (Å²) >= 11 is 0. The highest BCUT2D eigenvalue weighted by Gasteiger charge is 2.28. The Morgan fingerprint density at radius 1 is 1.50 bits per heavy atom. The van der Waals surface area contributed by atoms with E-state index in [-0.39, 0.29) is 6.67 Å². The van der Waals surface area contributed by atoms with Crippen LogP contribution in [0.25, 0.3) is 0 Å². The lowest BCUT2D eigenvalue weighted by Crippen LogP contribution is -1.99. The van der Waals surface area contributed by atoms with Crippen LogP contribution in [0, 0.1) is 5.92 Å². The van der Waals surface area contributed by atoms with Gasteiger partial charge in [0, 0.05) is 5.57 Å². The van der Waals surface area contributed by atoms with Crippen molar-refractivity contribution >= 4 is 5.97 Å². The van der Waals surface area contributed by atoms with Crippen molar-refractivity contribution in [3.63, 3.8) is 0 Å². The van der Waals surface area contributed by atoms with Gasteiger partial charge >= 0.3 is 5.97 Å². The van der Waals surface area contributed by atoms with E-state index in [0.717, 1.165) is 32.1 Å². The topological polar surface area (TPSA) is 37.3 Å². The van der Waals surface area contributed by atoms with Crippen molar-refractivity contribution in [3.05, 3.63) is 12.2 Å². The van der Waals surface area contributed by atoms with Crippen LogP contribution in [0.1, 0.15) is 39.0 Å². The van der Waals surface area contributed by atoms with Gasteiger partial charge in [-0.1, -0.05) is 26.3 Å². The van der Waals surface area contributed by atoms with Crippen molar-refractivity contribution < 1.29 is 14.3 Å². The van der Waals surface area contributed by atoms with E-state index in [1.54, 1.807) is 0 Å². The summed E-state index contributed by atoms with van der Waals surface area (Å²) in [6, 6.07) is 0. The van der Waals surface area contributed by atoms with E-state index < -0.39 is 5.97 Å². The van der Waals surface area contributed by atoms with Gasteiger partial charge < -0.3 is 5.11 Å². The predicted octanol–water partition coefficient (Wildman–Crippen LogP) is 3.18. The average molecular weight is 202 g/mol. The average Bonchev–Trinajstić information content (AvgIpc) is 2.97. The van der Waals surface area contributed by atoms with Gasteiger partial charge in [0.1, 0.15) is 0 Å². The van der Waals surface area contributed by atoms with E-state index in [2.05, 4.69) is 13.5 Å². The zero-order valence-electron chi connectivity index (χ0n) is 8.76. The fourth-order valence-corrected chi connectivity index (χ4v) is 0.951. The number of halogens is 1. The minimum absolute atomic E-state index is 0.145. The van der Waals surface area contributed by atoms with Crippen LogP contribution in [0.4, 0.5) is 4.39 Å². The van der Waals surface area contributed by atoms with Crippen molar-refractivity contribution in [2.75, 3.05) is 6.67 Å². The highest BCUT2D eigenvalue weighted by atomic mass is 19.1.